The summed E-state index contributed by atoms with van der Waals surface area (Å²) >= 11 is 7.29. The molecule has 1 aliphatic heterocycles. The van der Waals surface area contributed by atoms with Crippen LogP contribution in [-0.4, -0.2) is 34.1 Å². The van der Waals surface area contributed by atoms with Gasteiger partial charge in [-0.3, -0.25) is 14.8 Å². The monoisotopic (exact) mass is 431 g/mol. The predicted octanol–water partition coefficient (Wildman–Crippen LogP) is 3.02. The zero-order valence-corrected chi connectivity index (χ0v) is 17.7. The van der Waals surface area contributed by atoms with Crippen molar-refractivity contribution >= 4 is 46.0 Å². The third-order valence-corrected chi connectivity index (χ3v) is 5.90. The Morgan fingerprint density at radius 3 is 2.76 bits per heavy atom. The van der Waals surface area contributed by atoms with Crippen molar-refractivity contribution in [2.24, 2.45) is 15.7 Å². The Morgan fingerprint density at radius 1 is 1.41 bits per heavy atom. The second kappa shape index (κ2) is 9.30. The first-order valence-corrected chi connectivity index (χ1v) is 10.2. The minimum Gasteiger partial charge on any atom is -0.391 e. The average Bonchev–Trinajstić information content (AvgIpc) is 3.32. The molecule has 1 aromatic carbocycles. The minimum atomic E-state index is -0.452. The Bertz CT molecular complexity index is 991. The van der Waals surface area contributed by atoms with Crippen LogP contribution in [0, 0.1) is 6.92 Å². The molecular weight excluding hydrogens is 410 g/mol. The van der Waals surface area contributed by atoms with Gasteiger partial charge in [-0.1, -0.05) is 23.7 Å². The lowest BCUT2D eigenvalue weighted by Crippen LogP contribution is -2.35. The summed E-state index contributed by atoms with van der Waals surface area (Å²) in [5.74, 6) is 0.142. The molecule has 7 nitrogen and oxygen atoms in total. The number of aryl methyl sites for hydroxylation is 1. The number of aliphatic imine (C=N–C) groups is 2. The van der Waals surface area contributed by atoms with E-state index < -0.39 is 6.04 Å². The van der Waals surface area contributed by atoms with Gasteiger partial charge in [0.15, 0.2) is 0 Å². The van der Waals surface area contributed by atoms with E-state index in [0.29, 0.717) is 28.0 Å². The van der Waals surface area contributed by atoms with Crippen LogP contribution in [0.25, 0.3) is 5.57 Å². The number of thiazole rings is 1. The van der Waals surface area contributed by atoms with Gasteiger partial charge in [-0.2, -0.15) is 0 Å². The molecule has 2 aromatic rings. The van der Waals surface area contributed by atoms with E-state index in [1.807, 2.05) is 31.2 Å². The van der Waals surface area contributed by atoms with E-state index in [1.54, 1.807) is 13.1 Å². The first-order valence-electron chi connectivity index (χ1n) is 9.03. The number of nitrogens with one attached hydrogen (secondary N) is 1. The van der Waals surface area contributed by atoms with Crippen molar-refractivity contribution < 1.29 is 9.90 Å². The van der Waals surface area contributed by atoms with Crippen LogP contribution in [0.2, 0.25) is 5.02 Å². The number of aliphatic hydroxyl groups excluding tert-OH is 1. The molecule has 0 saturated carbocycles. The highest BCUT2D eigenvalue weighted by Gasteiger charge is 2.24. The van der Waals surface area contributed by atoms with Crippen LogP contribution < -0.4 is 11.1 Å². The number of hydrogen-bond donors (Lipinski definition) is 3. The Hall–Kier alpha value is -2.55. The molecule has 29 heavy (non-hydrogen) atoms. The lowest BCUT2D eigenvalue weighted by atomic mass is 10.0. The number of amides is 1. The summed E-state index contributed by atoms with van der Waals surface area (Å²) in [4.78, 5) is 26.6. The number of aromatic nitrogens is 1. The molecule has 0 bridgehead atoms. The molecule has 1 aliphatic rings. The Kier molecular flexibility index (Phi) is 6.79. The maximum Gasteiger partial charge on any atom is 0.266 e. The van der Waals surface area contributed by atoms with Crippen LogP contribution in [0.15, 0.2) is 40.5 Å². The highest BCUT2D eigenvalue weighted by atomic mass is 35.5. The van der Waals surface area contributed by atoms with Gasteiger partial charge in [0, 0.05) is 17.6 Å². The van der Waals surface area contributed by atoms with Crippen LogP contribution in [-0.2, 0) is 11.4 Å². The fourth-order valence-corrected chi connectivity index (χ4v) is 3.91. The van der Waals surface area contributed by atoms with Crippen molar-refractivity contribution in [1.29, 1.82) is 0 Å². The summed E-state index contributed by atoms with van der Waals surface area (Å²) in [6, 6.07) is 6.97. The molecule has 1 unspecified atom stereocenters. The average molecular weight is 432 g/mol. The topological polar surface area (TPSA) is 113 Å². The summed E-state index contributed by atoms with van der Waals surface area (Å²) in [6.45, 7) is 3.68. The van der Waals surface area contributed by atoms with Crippen LogP contribution in [0.1, 0.15) is 40.5 Å². The number of aliphatic hydroxyl groups is 1. The number of nitrogens with two attached hydrogens (primary N) is 1. The SMILES string of the molecule is CC(N)=NCC(NC(=O)C1=NC=C(c2ccc(Cl)cc2)C1)c1nc(C)c(CO)s1. The summed E-state index contributed by atoms with van der Waals surface area (Å²) in [6.07, 6.45) is 2.13. The fourth-order valence-electron chi connectivity index (χ4n) is 2.82. The van der Waals surface area contributed by atoms with Crippen LogP contribution in [0.4, 0.5) is 0 Å². The van der Waals surface area contributed by atoms with Gasteiger partial charge in [0.05, 0.1) is 29.6 Å². The van der Waals surface area contributed by atoms with Gasteiger partial charge < -0.3 is 16.2 Å². The summed E-state index contributed by atoms with van der Waals surface area (Å²) in [5, 5.41) is 13.7. The normalized spacial score (nSPS) is 15.1. The summed E-state index contributed by atoms with van der Waals surface area (Å²) < 4.78 is 0. The van der Waals surface area contributed by atoms with Gasteiger partial charge in [0.2, 0.25) is 0 Å². The highest BCUT2D eigenvalue weighted by Crippen LogP contribution is 2.27. The number of halogens is 1. The molecule has 0 spiro atoms. The molecular formula is C20H22ClN5O2S. The molecule has 0 aliphatic carbocycles. The van der Waals surface area contributed by atoms with Crippen molar-refractivity contribution in [3.05, 3.63) is 56.6 Å². The van der Waals surface area contributed by atoms with Crippen molar-refractivity contribution in [1.82, 2.24) is 10.3 Å². The number of hydrogen-bond acceptors (Lipinski definition) is 6. The maximum absolute atomic E-state index is 12.8. The summed E-state index contributed by atoms with van der Waals surface area (Å²) in [7, 11) is 0. The second-order valence-electron chi connectivity index (χ2n) is 6.64. The van der Waals surface area contributed by atoms with Crippen LogP contribution in [0.5, 0.6) is 0 Å². The van der Waals surface area contributed by atoms with Crippen molar-refractivity contribution in [2.45, 2.75) is 32.9 Å². The number of allylic oxidation sites excluding steroid dienone is 1. The molecule has 0 radical (unpaired) electrons. The first kappa shape index (κ1) is 21.2. The molecule has 152 valence electrons. The standard InChI is InChI=1S/C20H22ClN5O2S/c1-11-18(10-27)29-20(25-11)17(9-23-12(2)22)26-19(28)16-7-14(8-24-16)13-3-5-15(21)6-4-13/h3-6,8,17,27H,7,9-10H2,1-2H3,(H2,22,23)(H,26,28). The molecule has 3 rings (SSSR count). The van der Waals surface area contributed by atoms with Crippen molar-refractivity contribution in [3.63, 3.8) is 0 Å². The van der Waals surface area contributed by atoms with Gasteiger partial charge in [-0.05, 0) is 37.1 Å². The smallest absolute Gasteiger partial charge is 0.266 e. The zero-order valence-electron chi connectivity index (χ0n) is 16.1. The lowest BCUT2D eigenvalue weighted by Gasteiger charge is -2.15. The lowest BCUT2D eigenvalue weighted by molar-refractivity contribution is -0.115. The Labute approximate surface area is 178 Å². The first-order chi connectivity index (χ1) is 13.9. The molecule has 4 N–H and O–H groups in total. The van der Waals surface area contributed by atoms with Gasteiger partial charge in [-0.25, -0.2) is 4.98 Å². The van der Waals surface area contributed by atoms with Crippen LogP contribution in [0.3, 0.4) is 0 Å². The predicted molar refractivity (Wildman–Crippen MR) is 117 cm³/mol. The van der Waals surface area contributed by atoms with E-state index in [1.165, 1.54) is 11.3 Å². The number of nitrogens with zero attached hydrogens (tertiary/aromatic N) is 3. The van der Waals surface area contributed by atoms with E-state index in [0.717, 1.165) is 21.7 Å². The molecule has 1 aromatic heterocycles. The zero-order chi connectivity index (χ0) is 21.0. The molecule has 1 atom stereocenters. The van der Waals surface area contributed by atoms with Gasteiger partial charge in [-0.15, -0.1) is 11.3 Å². The van der Waals surface area contributed by atoms with E-state index in [9.17, 15) is 9.90 Å². The van der Waals surface area contributed by atoms with Crippen molar-refractivity contribution in [3.8, 4) is 0 Å². The number of carbonyl (C=O) groups is 1. The van der Waals surface area contributed by atoms with E-state index in [2.05, 4.69) is 20.3 Å². The van der Waals surface area contributed by atoms with E-state index in [-0.39, 0.29) is 19.1 Å². The fraction of sp³-hybridized carbons (Fsp3) is 0.300. The maximum atomic E-state index is 12.8. The molecule has 1 amide bonds. The molecule has 0 saturated heterocycles. The number of amidine groups is 1. The third kappa shape index (κ3) is 5.29. The molecule has 0 fully saturated rings. The number of benzene rings is 1. The van der Waals surface area contributed by atoms with E-state index >= 15 is 0 Å². The minimum absolute atomic E-state index is 0.0928. The third-order valence-electron chi connectivity index (χ3n) is 4.39. The van der Waals surface area contributed by atoms with E-state index in [4.69, 9.17) is 17.3 Å². The largest absolute Gasteiger partial charge is 0.391 e. The molecule has 9 heteroatoms. The Morgan fingerprint density at radius 2 is 2.14 bits per heavy atom. The highest BCUT2D eigenvalue weighted by molar-refractivity contribution is 7.11. The number of rotatable bonds is 7. The van der Waals surface area contributed by atoms with Crippen molar-refractivity contribution in [2.75, 3.05) is 6.54 Å². The van der Waals surface area contributed by atoms with Gasteiger partial charge >= 0.3 is 0 Å². The second-order valence-corrected chi connectivity index (χ2v) is 8.19. The molecule has 2 heterocycles. The summed E-state index contributed by atoms with van der Waals surface area (Å²) in [5.41, 5.74) is 8.75. The van der Waals surface area contributed by atoms with Gasteiger partial charge in [0.25, 0.3) is 5.91 Å². The number of carbonyl (C=O) groups excluding carboxylic acids is 1. The van der Waals surface area contributed by atoms with Crippen LogP contribution >= 0.6 is 22.9 Å². The Balaban J connectivity index is 1.71. The van der Waals surface area contributed by atoms with Gasteiger partial charge in [0.1, 0.15) is 16.8 Å². The quantitative estimate of drug-likeness (QED) is 0.462.